The number of anilines is 1. The maximum atomic E-state index is 12.3. The van der Waals surface area contributed by atoms with Crippen LogP contribution in [0.4, 0.5) is 5.82 Å². The lowest BCUT2D eigenvalue weighted by Gasteiger charge is -2.36. The van der Waals surface area contributed by atoms with E-state index in [0.717, 1.165) is 50.6 Å². The Morgan fingerprint density at radius 1 is 1.17 bits per heavy atom. The van der Waals surface area contributed by atoms with Crippen LogP contribution in [-0.4, -0.2) is 66.5 Å². The van der Waals surface area contributed by atoms with Crippen LogP contribution in [0.25, 0.3) is 0 Å². The number of nitrogens with zero attached hydrogens (tertiary/aromatic N) is 5. The van der Waals surface area contributed by atoms with E-state index in [1.165, 1.54) is 12.8 Å². The van der Waals surface area contributed by atoms with Crippen molar-refractivity contribution in [1.82, 2.24) is 14.8 Å². The van der Waals surface area contributed by atoms with E-state index in [4.69, 9.17) is 5.26 Å². The zero-order chi connectivity index (χ0) is 16.2. The van der Waals surface area contributed by atoms with E-state index in [-0.39, 0.29) is 5.91 Å². The second-order valence-electron chi connectivity index (χ2n) is 6.30. The molecule has 0 spiro atoms. The molecule has 2 aliphatic heterocycles. The third-order valence-electron chi connectivity index (χ3n) is 4.70. The second kappa shape index (κ2) is 6.97. The van der Waals surface area contributed by atoms with Crippen molar-refractivity contribution in [2.24, 2.45) is 0 Å². The van der Waals surface area contributed by atoms with Gasteiger partial charge in [0.1, 0.15) is 17.6 Å². The minimum Gasteiger partial charge on any atom is -0.353 e. The number of aromatic nitrogens is 1. The Bertz CT molecular complexity index is 610. The summed E-state index contributed by atoms with van der Waals surface area (Å²) in [7, 11) is 0. The molecule has 0 radical (unpaired) electrons. The van der Waals surface area contributed by atoms with E-state index >= 15 is 0 Å². The molecule has 1 aromatic heterocycles. The summed E-state index contributed by atoms with van der Waals surface area (Å²) >= 11 is 0. The molecule has 0 unspecified atom stereocenters. The molecule has 122 valence electrons. The normalized spacial score (nSPS) is 19.0. The first kappa shape index (κ1) is 15.8. The highest BCUT2D eigenvalue weighted by molar-refractivity contribution is 5.78. The molecule has 0 N–H and O–H groups in total. The quantitative estimate of drug-likeness (QED) is 0.833. The van der Waals surface area contributed by atoms with Crippen LogP contribution in [0.5, 0.6) is 0 Å². The SMILES string of the molecule is Cc1ccc(N2CCN(C(=O)CN3CCCC3)CC2)nc1C#N. The van der Waals surface area contributed by atoms with Gasteiger partial charge in [-0.05, 0) is 44.5 Å². The van der Waals surface area contributed by atoms with Crippen molar-refractivity contribution in [1.29, 1.82) is 5.26 Å². The molecule has 2 saturated heterocycles. The molecule has 2 aliphatic rings. The van der Waals surface area contributed by atoms with Crippen LogP contribution in [0, 0.1) is 18.3 Å². The molecule has 1 aromatic rings. The minimum atomic E-state index is 0.237. The highest BCUT2D eigenvalue weighted by atomic mass is 16.2. The summed E-state index contributed by atoms with van der Waals surface area (Å²) in [6, 6.07) is 6.03. The van der Waals surface area contributed by atoms with Crippen LogP contribution in [0.15, 0.2) is 12.1 Å². The lowest BCUT2D eigenvalue weighted by molar-refractivity contribution is -0.132. The molecule has 2 fully saturated rings. The maximum Gasteiger partial charge on any atom is 0.236 e. The molecule has 0 aliphatic carbocycles. The first-order chi connectivity index (χ1) is 11.2. The Hall–Kier alpha value is -2.13. The van der Waals surface area contributed by atoms with Crippen molar-refractivity contribution in [3.8, 4) is 6.07 Å². The third kappa shape index (κ3) is 3.62. The van der Waals surface area contributed by atoms with Gasteiger partial charge in [0, 0.05) is 26.2 Å². The standard InChI is InChI=1S/C17H23N5O/c1-14-4-5-16(19-15(14)12-18)21-8-10-22(11-9-21)17(23)13-20-6-2-3-7-20/h4-5H,2-3,6-11,13H2,1H3. The summed E-state index contributed by atoms with van der Waals surface area (Å²) in [5, 5.41) is 9.10. The summed E-state index contributed by atoms with van der Waals surface area (Å²) in [4.78, 5) is 23.1. The topological polar surface area (TPSA) is 63.5 Å². The van der Waals surface area contributed by atoms with E-state index in [9.17, 15) is 4.79 Å². The summed E-state index contributed by atoms with van der Waals surface area (Å²) in [5.74, 6) is 1.07. The molecule has 23 heavy (non-hydrogen) atoms. The Kier molecular flexibility index (Phi) is 4.77. The molecule has 0 atom stereocenters. The number of piperazine rings is 1. The van der Waals surface area contributed by atoms with Crippen molar-refractivity contribution in [2.45, 2.75) is 19.8 Å². The summed E-state index contributed by atoms with van der Waals surface area (Å²) in [6.07, 6.45) is 2.42. The monoisotopic (exact) mass is 313 g/mol. The van der Waals surface area contributed by atoms with Gasteiger partial charge in [-0.15, -0.1) is 0 Å². The Labute approximate surface area is 137 Å². The second-order valence-corrected chi connectivity index (χ2v) is 6.30. The first-order valence-electron chi connectivity index (χ1n) is 8.30. The van der Waals surface area contributed by atoms with Crippen molar-refractivity contribution in [2.75, 3.05) is 50.7 Å². The summed E-state index contributed by atoms with van der Waals surface area (Å²) < 4.78 is 0. The lowest BCUT2D eigenvalue weighted by atomic mass is 10.2. The van der Waals surface area contributed by atoms with Crippen molar-refractivity contribution >= 4 is 11.7 Å². The number of rotatable bonds is 3. The van der Waals surface area contributed by atoms with Gasteiger partial charge >= 0.3 is 0 Å². The van der Waals surface area contributed by atoms with E-state index in [1.54, 1.807) is 0 Å². The van der Waals surface area contributed by atoms with Crippen molar-refractivity contribution in [3.05, 3.63) is 23.4 Å². The zero-order valence-corrected chi connectivity index (χ0v) is 13.7. The predicted molar refractivity (Wildman–Crippen MR) is 88.2 cm³/mol. The molecule has 0 aromatic carbocycles. The molecule has 6 heteroatoms. The highest BCUT2D eigenvalue weighted by Crippen LogP contribution is 2.17. The summed E-state index contributed by atoms with van der Waals surface area (Å²) in [6.45, 7) is 7.55. The number of carbonyl (C=O) groups excluding carboxylic acids is 1. The van der Waals surface area contributed by atoms with E-state index in [0.29, 0.717) is 12.2 Å². The summed E-state index contributed by atoms with van der Waals surface area (Å²) in [5.41, 5.74) is 1.38. The van der Waals surface area contributed by atoms with Gasteiger partial charge in [0.2, 0.25) is 5.91 Å². The van der Waals surface area contributed by atoms with Gasteiger partial charge in [-0.25, -0.2) is 4.98 Å². The molecular formula is C17H23N5O. The van der Waals surface area contributed by atoms with Gasteiger partial charge in [-0.3, -0.25) is 9.69 Å². The van der Waals surface area contributed by atoms with Crippen LogP contribution in [0.2, 0.25) is 0 Å². The fourth-order valence-electron chi connectivity index (χ4n) is 3.22. The van der Waals surface area contributed by atoms with Gasteiger partial charge in [0.25, 0.3) is 0 Å². The number of aryl methyl sites for hydroxylation is 1. The largest absolute Gasteiger partial charge is 0.353 e. The number of hydrogen-bond donors (Lipinski definition) is 0. The third-order valence-corrected chi connectivity index (χ3v) is 4.70. The van der Waals surface area contributed by atoms with Crippen LogP contribution < -0.4 is 4.90 Å². The number of amides is 1. The van der Waals surface area contributed by atoms with Crippen molar-refractivity contribution < 1.29 is 4.79 Å². The van der Waals surface area contributed by atoms with E-state index in [2.05, 4.69) is 20.9 Å². The van der Waals surface area contributed by atoms with E-state index < -0.39 is 0 Å². The molecule has 3 rings (SSSR count). The molecule has 1 amide bonds. The Balaban J connectivity index is 1.55. The van der Waals surface area contributed by atoms with Gasteiger partial charge in [-0.2, -0.15) is 5.26 Å². The Morgan fingerprint density at radius 2 is 1.87 bits per heavy atom. The first-order valence-corrected chi connectivity index (χ1v) is 8.30. The lowest BCUT2D eigenvalue weighted by Crippen LogP contribution is -2.51. The highest BCUT2D eigenvalue weighted by Gasteiger charge is 2.24. The van der Waals surface area contributed by atoms with E-state index in [1.807, 2.05) is 24.0 Å². The smallest absolute Gasteiger partial charge is 0.236 e. The average molecular weight is 313 g/mol. The Morgan fingerprint density at radius 3 is 2.52 bits per heavy atom. The number of carbonyl (C=O) groups is 1. The fraction of sp³-hybridized carbons (Fsp3) is 0.588. The van der Waals surface area contributed by atoms with Crippen molar-refractivity contribution in [3.63, 3.8) is 0 Å². The van der Waals surface area contributed by atoms with Crippen LogP contribution >= 0.6 is 0 Å². The number of likely N-dealkylation sites (tertiary alicyclic amines) is 1. The fourth-order valence-corrected chi connectivity index (χ4v) is 3.22. The van der Waals surface area contributed by atoms with Crippen LogP contribution in [0.1, 0.15) is 24.1 Å². The van der Waals surface area contributed by atoms with Gasteiger partial charge < -0.3 is 9.80 Å². The van der Waals surface area contributed by atoms with Crippen LogP contribution in [0.3, 0.4) is 0 Å². The molecular weight excluding hydrogens is 290 g/mol. The average Bonchev–Trinajstić information content (AvgIpc) is 3.08. The van der Waals surface area contributed by atoms with Crippen LogP contribution in [-0.2, 0) is 4.79 Å². The number of hydrogen-bond acceptors (Lipinski definition) is 5. The molecule has 0 bridgehead atoms. The molecule has 6 nitrogen and oxygen atoms in total. The van der Waals surface area contributed by atoms with Gasteiger partial charge in [0.05, 0.1) is 6.54 Å². The molecule has 0 saturated carbocycles. The minimum absolute atomic E-state index is 0.237. The van der Waals surface area contributed by atoms with Gasteiger partial charge in [-0.1, -0.05) is 6.07 Å². The zero-order valence-electron chi connectivity index (χ0n) is 13.7. The number of nitriles is 1. The predicted octanol–water partition coefficient (Wildman–Crippen LogP) is 1.01. The maximum absolute atomic E-state index is 12.3. The molecule has 3 heterocycles. The van der Waals surface area contributed by atoms with Gasteiger partial charge in [0.15, 0.2) is 0 Å². The number of pyridine rings is 1.